The van der Waals surface area contributed by atoms with Crippen molar-refractivity contribution in [2.24, 2.45) is 0 Å². The molecule has 0 aliphatic carbocycles. The second-order valence-corrected chi connectivity index (χ2v) is 4.61. The molecule has 104 valence electrons. The van der Waals surface area contributed by atoms with Gasteiger partial charge in [-0.25, -0.2) is 9.69 Å². The summed E-state index contributed by atoms with van der Waals surface area (Å²) in [4.78, 5) is 12.7. The Morgan fingerprint density at radius 1 is 1.00 bits per heavy atom. The van der Waals surface area contributed by atoms with Gasteiger partial charge in [0, 0.05) is 0 Å². The average molecular weight is 271 g/mol. The van der Waals surface area contributed by atoms with Crippen molar-refractivity contribution in [2.75, 3.05) is 4.90 Å². The van der Waals surface area contributed by atoms with Crippen LogP contribution in [-0.2, 0) is 0 Å². The number of carboxylic acid groups (broad SMARTS) is 1. The van der Waals surface area contributed by atoms with Gasteiger partial charge in [-0.1, -0.05) is 18.2 Å². The molecule has 0 fully saturated rings. The number of amides is 1. The van der Waals surface area contributed by atoms with Crippen molar-refractivity contribution in [1.82, 2.24) is 0 Å². The molecule has 0 radical (unpaired) electrons. The van der Waals surface area contributed by atoms with E-state index in [1.807, 2.05) is 32.0 Å². The highest BCUT2D eigenvalue weighted by Crippen LogP contribution is 2.27. The van der Waals surface area contributed by atoms with Crippen LogP contribution in [0.2, 0.25) is 0 Å². The number of ether oxygens (including phenoxy) is 1. The summed E-state index contributed by atoms with van der Waals surface area (Å²) < 4.78 is 5.55. The Kier molecular flexibility index (Phi) is 4.25. The number of rotatable bonds is 4. The first kappa shape index (κ1) is 13.9. The standard InChI is InChI=1S/C16H17NO3/c1-12(2)20-15-10-8-14(9-11-15)17(16(18)19)13-6-4-3-5-7-13/h3-12H,1-2H3,(H,18,19). The van der Waals surface area contributed by atoms with E-state index in [4.69, 9.17) is 4.74 Å². The van der Waals surface area contributed by atoms with E-state index in [2.05, 4.69) is 0 Å². The fraction of sp³-hybridized carbons (Fsp3) is 0.188. The van der Waals surface area contributed by atoms with Gasteiger partial charge in [0.15, 0.2) is 0 Å². The van der Waals surface area contributed by atoms with Gasteiger partial charge in [0.1, 0.15) is 5.75 Å². The molecule has 2 aromatic carbocycles. The molecular formula is C16H17NO3. The molecule has 0 atom stereocenters. The van der Waals surface area contributed by atoms with Crippen molar-refractivity contribution in [3.63, 3.8) is 0 Å². The minimum Gasteiger partial charge on any atom is -0.491 e. The predicted octanol–water partition coefficient (Wildman–Crippen LogP) is 4.29. The molecule has 20 heavy (non-hydrogen) atoms. The Bertz CT molecular complexity index is 564. The van der Waals surface area contributed by atoms with Gasteiger partial charge in [-0.2, -0.15) is 0 Å². The number of para-hydroxylation sites is 1. The number of nitrogens with zero attached hydrogens (tertiary/aromatic N) is 1. The predicted molar refractivity (Wildman–Crippen MR) is 78.8 cm³/mol. The lowest BCUT2D eigenvalue weighted by molar-refractivity contribution is 0.204. The fourth-order valence-corrected chi connectivity index (χ4v) is 1.89. The molecule has 0 saturated heterocycles. The molecule has 0 aromatic heterocycles. The lowest BCUT2D eigenvalue weighted by Crippen LogP contribution is -2.23. The highest BCUT2D eigenvalue weighted by Gasteiger charge is 2.16. The van der Waals surface area contributed by atoms with Crippen LogP contribution in [0.4, 0.5) is 16.2 Å². The van der Waals surface area contributed by atoms with Crippen molar-refractivity contribution >= 4 is 17.5 Å². The van der Waals surface area contributed by atoms with Crippen molar-refractivity contribution in [2.45, 2.75) is 20.0 Å². The van der Waals surface area contributed by atoms with Crippen LogP contribution >= 0.6 is 0 Å². The summed E-state index contributed by atoms with van der Waals surface area (Å²) in [7, 11) is 0. The van der Waals surface area contributed by atoms with Gasteiger partial charge < -0.3 is 9.84 Å². The lowest BCUT2D eigenvalue weighted by atomic mass is 10.2. The zero-order valence-electron chi connectivity index (χ0n) is 11.5. The molecule has 0 spiro atoms. The second kappa shape index (κ2) is 6.10. The van der Waals surface area contributed by atoms with Crippen LogP contribution in [0.1, 0.15) is 13.8 Å². The average Bonchev–Trinajstić information content (AvgIpc) is 2.41. The van der Waals surface area contributed by atoms with Gasteiger partial charge >= 0.3 is 6.09 Å². The van der Waals surface area contributed by atoms with Gasteiger partial charge in [0.2, 0.25) is 0 Å². The minimum atomic E-state index is -1.02. The molecule has 0 heterocycles. The molecule has 0 aliphatic heterocycles. The number of carbonyl (C=O) groups is 1. The van der Waals surface area contributed by atoms with Crippen LogP contribution < -0.4 is 9.64 Å². The van der Waals surface area contributed by atoms with Crippen LogP contribution in [0, 0.1) is 0 Å². The summed E-state index contributed by atoms with van der Waals surface area (Å²) in [6.07, 6.45) is -0.931. The summed E-state index contributed by atoms with van der Waals surface area (Å²) in [5, 5.41) is 9.39. The van der Waals surface area contributed by atoms with Gasteiger partial charge in [0.25, 0.3) is 0 Å². The SMILES string of the molecule is CC(C)Oc1ccc(N(C(=O)O)c2ccccc2)cc1. The molecule has 1 amide bonds. The second-order valence-electron chi connectivity index (χ2n) is 4.61. The maximum Gasteiger partial charge on any atom is 0.416 e. The Hall–Kier alpha value is -2.49. The highest BCUT2D eigenvalue weighted by molar-refractivity contribution is 5.94. The summed E-state index contributed by atoms with van der Waals surface area (Å²) in [5.41, 5.74) is 1.19. The summed E-state index contributed by atoms with van der Waals surface area (Å²) in [5.74, 6) is 0.724. The van der Waals surface area contributed by atoms with Crippen LogP contribution in [0.3, 0.4) is 0 Å². The molecule has 0 bridgehead atoms. The van der Waals surface area contributed by atoms with Gasteiger partial charge in [-0.05, 0) is 50.2 Å². The van der Waals surface area contributed by atoms with E-state index in [0.29, 0.717) is 11.4 Å². The summed E-state index contributed by atoms with van der Waals surface area (Å²) in [6.45, 7) is 3.89. The van der Waals surface area contributed by atoms with E-state index in [1.165, 1.54) is 4.90 Å². The molecule has 1 N–H and O–H groups in total. The lowest BCUT2D eigenvalue weighted by Gasteiger charge is -2.20. The van der Waals surface area contributed by atoms with Crippen molar-refractivity contribution in [3.8, 4) is 5.75 Å². The molecule has 0 unspecified atom stereocenters. The maximum atomic E-state index is 11.5. The Morgan fingerprint density at radius 2 is 1.55 bits per heavy atom. The molecule has 0 aliphatic rings. The van der Waals surface area contributed by atoms with Crippen LogP contribution in [0.15, 0.2) is 54.6 Å². The molecule has 2 aromatic rings. The first-order valence-corrected chi connectivity index (χ1v) is 6.43. The first-order chi connectivity index (χ1) is 9.58. The van der Waals surface area contributed by atoms with E-state index in [-0.39, 0.29) is 6.10 Å². The normalized spacial score (nSPS) is 10.3. The van der Waals surface area contributed by atoms with E-state index < -0.39 is 6.09 Å². The third-order valence-electron chi connectivity index (χ3n) is 2.67. The van der Waals surface area contributed by atoms with Gasteiger partial charge in [0.05, 0.1) is 17.5 Å². The molecule has 4 nitrogen and oxygen atoms in total. The number of hydrogen-bond acceptors (Lipinski definition) is 2. The van der Waals surface area contributed by atoms with Crippen LogP contribution in [0.5, 0.6) is 5.75 Å². The van der Waals surface area contributed by atoms with Gasteiger partial charge in [-0.3, -0.25) is 0 Å². The fourth-order valence-electron chi connectivity index (χ4n) is 1.89. The zero-order valence-corrected chi connectivity index (χ0v) is 11.5. The van der Waals surface area contributed by atoms with E-state index in [9.17, 15) is 9.90 Å². The van der Waals surface area contributed by atoms with E-state index in [1.54, 1.807) is 36.4 Å². The van der Waals surface area contributed by atoms with Crippen LogP contribution in [0.25, 0.3) is 0 Å². The largest absolute Gasteiger partial charge is 0.491 e. The van der Waals surface area contributed by atoms with Crippen molar-refractivity contribution in [1.29, 1.82) is 0 Å². The molecule has 2 rings (SSSR count). The summed E-state index contributed by atoms with van der Waals surface area (Å²) in [6, 6.07) is 16.0. The number of anilines is 2. The molecule has 4 heteroatoms. The Labute approximate surface area is 118 Å². The molecular weight excluding hydrogens is 254 g/mol. The third-order valence-corrected chi connectivity index (χ3v) is 2.67. The van der Waals surface area contributed by atoms with E-state index in [0.717, 1.165) is 5.75 Å². The zero-order chi connectivity index (χ0) is 14.5. The minimum absolute atomic E-state index is 0.0885. The Balaban J connectivity index is 2.29. The third kappa shape index (κ3) is 3.29. The topological polar surface area (TPSA) is 49.8 Å². The van der Waals surface area contributed by atoms with Gasteiger partial charge in [-0.15, -0.1) is 0 Å². The number of hydrogen-bond donors (Lipinski definition) is 1. The van der Waals surface area contributed by atoms with Crippen molar-refractivity contribution < 1.29 is 14.6 Å². The smallest absolute Gasteiger partial charge is 0.416 e. The molecule has 0 saturated carbocycles. The number of benzene rings is 2. The highest BCUT2D eigenvalue weighted by atomic mass is 16.5. The summed E-state index contributed by atoms with van der Waals surface area (Å²) >= 11 is 0. The van der Waals surface area contributed by atoms with Crippen molar-refractivity contribution in [3.05, 3.63) is 54.6 Å². The van der Waals surface area contributed by atoms with E-state index >= 15 is 0 Å². The Morgan fingerprint density at radius 3 is 2.05 bits per heavy atom. The quantitative estimate of drug-likeness (QED) is 0.902. The monoisotopic (exact) mass is 271 g/mol. The van der Waals surface area contributed by atoms with Crippen LogP contribution in [-0.4, -0.2) is 17.3 Å². The first-order valence-electron chi connectivity index (χ1n) is 6.43. The maximum absolute atomic E-state index is 11.5.